The summed E-state index contributed by atoms with van der Waals surface area (Å²) in [5.41, 5.74) is 15.8. The van der Waals surface area contributed by atoms with E-state index in [2.05, 4.69) is 204 Å². The van der Waals surface area contributed by atoms with Gasteiger partial charge in [-0.2, -0.15) is 0 Å². The Morgan fingerprint density at radius 1 is 0.275 bits per heavy atom. The molecule has 2 heterocycles. The maximum atomic E-state index is 2.40. The molecule has 2 nitrogen and oxygen atoms in total. The van der Waals surface area contributed by atoms with Crippen LogP contribution >= 0.6 is 0 Å². The van der Waals surface area contributed by atoms with Gasteiger partial charge in [0, 0.05) is 32.9 Å². The van der Waals surface area contributed by atoms with Gasteiger partial charge in [0.15, 0.2) is 0 Å². The van der Waals surface area contributed by atoms with Gasteiger partial charge in [-0.25, -0.2) is 0 Å². The van der Waals surface area contributed by atoms with Crippen LogP contribution in [0, 0.1) is 6.92 Å². The van der Waals surface area contributed by atoms with E-state index >= 15 is 0 Å². The van der Waals surface area contributed by atoms with Gasteiger partial charge in [-0.05, 0) is 113 Å². The van der Waals surface area contributed by atoms with Crippen LogP contribution in [-0.2, 0) is 0 Å². The predicted octanol–water partition coefficient (Wildman–Crippen LogP) is 13.2. The molecule has 0 atom stereocenters. The highest BCUT2D eigenvalue weighted by Crippen LogP contribution is 2.39. The molecule has 2 aromatic heterocycles. The summed E-state index contributed by atoms with van der Waals surface area (Å²) in [4.78, 5) is 0. The Morgan fingerprint density at radius 3 is 1.37 bits per heavy atom. The Labute approximate surface area is 297 Å². The van der Waals surface area contributed by atoms with Crippen LogP contribution in [0.25, 0.3) is 88.4 Å². The third-order valence-corrected chi connectivity index (χ3v) is 10.4. The molecular weight excluding hydrogens is 617 g/mol. The number of nitrogens with zero attached hydrogens (tertiary/aromatic N) is 2. The van der Waals surface area contributed by atoms with E-state index in [4.69, 9.17) is 0 Å². The van der Waals surface area contributed by atoms with E-state index < -0.39 is 0 Å². The number of aryl methyl sites for hydroxylation is 1. The quantitative estimate of drug-likeness (QED) is 0.175. The topological polar surface area (TPSA) is 9.86 Å². The minimum absolute atomic E-state index is 1.16. The van der Waals surface area contributed by atoms with E-state index in [-0.39, 0.29) is 0 Å². The molecule has 0 aliphatic carbocycles. The van der Waals surface area contributed by atoms with Crippen LogP contribution in [0.5, 0.6) is 0 Å². The molecule has 0 aliphatic rings. The summed E-state index contributed by atoms with van der Waals surface area (Å²) >= 11 is 0. The van der Waals surface area contributed by atoms with Gasteiger partial charge in [0.2, 0.25) is 0 Å². The Hall–Kier alpha value is -6.64. The van der Waals surface area contributed by atoms with Crippen molar-refractivity contribution in [2.24, 2.45) is 0 Å². The number of hydrogen-bond donors (Lipinski definition) is 0. The highest BCUT2D eigenvalue weighted by Gasteiger charge is 2.16. The average Bonchev–Trinajstić information content (AvgIpc) is 3.70. The van der Waals surface area contributed by atoms with E-state index in [0.717, 1.165) is 5.69 Å². The van der Waals surface area contributed by atoms with Crippen molar-refractivity contribution in [1.82, 2.24) is 9.13 Å². The molecular formula is C49H34N2. The van der Waals surface area contributed by atoms with Crippen molar-refractivity contribution < 1.29 is 0 Å². The number of rotatable bonds is 5. The number of fused-ring (bicyclic) bond motifs is 6. The van der Waals surface area contributed by atoms with Gasteiger partial charge in [-0.15, -0.1) is 0 Å². The van der Waals surface area contributed by atoms with E-state index in [1.807, 2.05) is 0 Å². The molecule has 0 N–H and O–H groups in total. The zero-order valence-electron chi connectivity index (χ0n) is 28.3. The highest BCUT2D eigenvalue weighted by atomic mass is 15.0. The molecule has 10 aromatic rings. The van der Waals surface area contributed by atoms with Crippen molar-refractivity contribution in [3.8, 4) is 44.8 Å². The Morgan fingerprint density at radius 2 is 0.706 bits per heavy atom. The van der Waals surface area contributed by atoms with Gasteiger partial charge in [0.1, 0.15) is 0 Å². The largest absolute Gasteiger partial charge is 0.309 e. The van der Waals surface area contributed by atoms with Crippen LogP contribution in [0.1, 0.15) is 5.56 Å². The van der Waals surface area contributed by atoms with E-state index in [0.29, 0.717) is 0 Å². The second-order valence-corrected chi connectivity index (χ2v) is 13.5. The summed E-state index contributed by atoms with van der Waals surface area (Å²) in [6, 6.07) is 68.5. The van der Waals surface area contributed by atoms with Crippen molar-refractivity contribution in [3.63, 3.8) is 0 Å². The van der Waals surface area contributed by atoms with Crippen LogP contribution in [0.3, 0.4) is 0 Å². The first-order chi connectivity index (χ1) is 25.2. The molecule has 8 aromatic carbocycles. The van der Waals surface area contributed by atoms with E-state index in [1.165, 1.54) is 88.2 Å². The van der Waals surface area contributed by atoms with Gasteiger partial charge in [-0.1, -0.05) is 121 Å². The van der Waals surface area contributed by atoms with Gasteiger partial charge in [0.25, 0.3) is 0 Å². The Balaban J connectivity index is 1.07. The number of aromatic nitrogens is 2. The lowest BCUT2D eigenvalue weighted by atomic mass is 9.99. The molecule has 0 spiro atoms. The Bertz CT molecular complexity index is 2890. The second-order valence-electron chi connectivity index (χ2n) is 13.5. The fraction of sp³-hybridized carbons (Fsp3) is 0.0204. The molecule has 51 heavy (non-hydrogen) atoms. The fourth-order valence-corrected chi connectivity index (χ4v) is 7.91. The van der Waals surface area contributed by atoms with Gasteiger partial charge >= 0.3 is 0 Å². The van der Waals surface area contributed by atoms with E-state index in [9.17, 15) is 0 Å². The molecule has 10 rings (SSSR count). The number of benzene rings is 8. The van der Waals surface area contributed by atoms with Crippen LogP contribution in [0.15, 0.2) is 188 Å². The maximum Gasteiger partial charge on any atom is 0.0541 e. The smallest absolute Gasteiger partial charge is 0.0541 e. The van der Waals surface area contributed by atoms with Gasteiger partial charge < -0.3 is 9.13 Å². The lowest BCUT2D eigenvalue weighted by molar-refractivity contribution is 1.18. The van der Waals surface area contributed by atoms with Gasteiger partial charge in [-0.3, -0.25) is 0 Å². The molecule has 0 saturated heterocycles. The van der Waals surface area contributed by atoms with Crippen molar-refractivity contribution in [2.75, 3.05) is 0 Å². The SMILES string of the molecule is Cc1ccc2c(c1)c1cc(-c3ccc4c(c3)c3ccccc3n4-c3ccc(-c4cccc(-c5ccccc5)c4)cc3)ccc1n2-c1ccccc1. The van der Waals surface area contributed by atoms with Crippen LogP contribution in [-0.4, -0.2) is 9.13 Å². The molecule has 0 unspecified atom stereocenters. The van der Waals surface area contributed by atoms with Crippen molar-refractivity contribution in [2.45, 2.75) is 6.92 Å². The second kappa shape index (κ2) is 11.8. The summed E-state index contributed by atoms with van der Waals surface area (Å²) in [5.74, 6) is 0. The number of hydrogen-bond acceptors (Lipinski definition) is 0. The molecule has 0 saturated carbocycles. The molecule has 0 radical (unpaired) electrons. The minimum Gasteiger partial charge on any atom is -0.309 e. The first-order valence-corrected chi connectivity index (χ1v) is 17.6. The lowest BCUT2D eigenvalue weighted by Crippen LogP contribution is -1.94. The minimum atomic E-state index is 1.16. The standard InChI is InChI=1S/C49H34N2/c1-33-19-26-47-43(29-33)45-32-39(23-28-49(45)50(47)40-15-6-3-7-16-40)38-22-27-48-44(31-38)42-17-8-9-18-46(42)51(48)41-24-20-35(21-25-41)37-14-10-13-36(30-37)34-11-4-2-5-12-34/h2-32H,1H3. The third-order valence-electron chi connectivity index (χ3n) is 10.4. The van der Waals surface area contributed by atoms with Crippen LogP contribution < -0.4 is 0 Å². The molecule has 0 fully saturated rings. The van der Waals surface area contributed by atoms with Crippen molar-refractivity contribution in [3.05, 3.63) is 194 Å². The molecule has 240 valence electrons. The highest BCUT2D eigenvalue weighted by molar-refractivity contribution is 6.12. The summed E-state index contributed by atoms with van der Waals surface area (Å²) in [5, 5.41) is 5.06. The summed E-state index contributed by atoms with van der Waals surface area (Å²) in [6.07, 6.45) is 0. The maximum absolute atomic E-state index is 2.40. The zero-order valence-corrected chi connectivity index (χ0v) is 28.3. The average molecular weight is 651 g/mol. The molecule has 0 aliphatic heterocycles. The number of para-hydroxylation sites is 2. The molecule has 0 bridgehead atoms. The van der Waals surface area contributed by atoms with E-state index in [1.54, 1.807) is 0 Å². The summed E-state index contributed by atoms with van der Waals surface area (Å²) in [7, 11) is 0. The Kier molecular flexibility index (Phi) is 6.75. The first kappa shape index (κ1) is 29.3. The zero-order chi connectivity index (χ0) is 33.9. The lowest BCUT2D eigenvalue weighted by Gasteiger charge is -2.11. The predicted molar refractivity (Wildman–Crippen MR) is 216 cm³/mol. The summed E-state index contributed by atoms with van der Waals surface area (Å²) < 4.78 is 4.79. The van der Waals surface area contributed by atoms with Crippen molar-refractivity contribution >= 4 is 43.6 Å². The van der Waals surface area contributed by atoms with Crippen LogP contribution in [0.2, 0.25) is 0 Å². The molecule has 2 heteroatoms. The first-order valence-electron chi connectivity index (χ1n) is 17.6. The normalized spacial score (nSPS) is 11.6. The third kappa shape index (κ3) is 4.87. The monoisotopic (exact) mass is 650 g/mol. The molecule has 0 amide bonds. The van der Waals surface area contributed by atoms with Crippen LogP contribution in [0.4, 0.5) is 0 Å². The summed E-state index contributed by atoms with van der Waals surface area (Å²) in [6.45, 7) is 2.18. The fourth-order valence-electron chi connectivity index (χ4n) is 7.91. The van der Waals surface area contributed by atoms with Crippen molar-refractivity contribution in [1.29, 1.82) is 0 Å². The van der Waals surface area contributed by atoms with Gasteiger partial charge in [0.05, 0.1) is 22.1 Å².